The molecule has 0 bridgehead atoms. The van der Waals surface area contributed by atoms with E-state index in [1.54, 1.807) is 14.1 Å². The van der Waals surface area contributed by atoms with Crippen LogP contribution in [0.25, 0.3) is 0 Å². The number of halogens is 4. The standard InChI is InChI=1S/C32H33Cl2F2N3O7S/c1-38(2)30(40)21-5-3-6-22(13-21)47(42,43)39-12-4-7-26(39)31(41)45-28(15-23-24(33)16-37-17-25(23)34)20-10-11-27(46-32(35)36)29(14-20)44-18-19-8-9-19/h3,5-6,10-11,13-14,16-17,19,26,28,32H,4,7-9,12,15,18H2,1-2H3/t26-,28-/m1/s1. The minimum atomic E-state index is -4.22. The number of nitrogens with zero attached hydrogens (tertiary/aromatic N) is 3. The maximum Gasteiger partial charge on any atom is 0.387 e. The van der Waals surface area contributed by atoms with E-state index < -0.39 is 34.7 Å². The van der Waals surface area contributed by atoms with Gasteiger partial charge in [-0.25, -0.2) is 8.42 Å². The zero-order valence-corrected chi connectivity index (χ0v) is 27.9. The van der Waals surface area contributed by atoms with E-state index in [4.69, 9.17) is 32.7 Å². The van der Waals surface area contributed by atoms with Crippen LogP contribution in [0.4, 0.5) is 8.78 Å². The zero-order chi connectivity index (χ0) is 33.9. The summed E-state index contributed by atoms with van der Waals surface area (Å²) in [5.41, 5.74) is 0.948. The molecule has 5 rings (SSSR count). The molecule has 0 radical (unpaired) electrons. The molecule has 2 aliphatic rings. The molecule has 1 saturated heterocycles. The van der Waals surface area contributed by atoms with E-state index >= 15 is 0 Å². The van der Waals surface area contributed by atoms with Crippen LogP contribution in [0, 0.1) is 5.92 Å². The van der Waals surface area contributed by atoms with Crippen molar-refractivity contribution in [1.82, 2.24) is 14.2 Å². The Hall–Kier alpha value is -3.52. The summed E-state index contributed by atoms with van der Waals surface area (Å²) in [5.74, 6) is -1.04. The van der Waals surface area contributed by atoms with Gasteiger partial charge in [0.05, 0.1) is 21.5 Å². The molecular weight excluding hydrogens is 679 g/mol. The van der Waals surface area contributed by atoms with Crippen LogP contribution < -0.4 is 9.47 Å². The molecule has 2 atom stereocenters. The molecule has 0 unspecified atom stereocenters. The molecule has 2 fully saturated rings. The fraction of sp³-hybridized carbons (Fsp3) is 0.406. The first-order chi connectivity index (χ1) is 22.3. The van der Waals surface area contributed by atoms with Crippen molar-refractivity contribution in [3.8, 4) is 11.5 Å². The van der Waals surface area contributed by atoms with Crippen LogP contribution in [0.5, 0.6) is 11.5 Å². The third-order valence-corrected chi connectivity index (χ3v) is 10.5. The molecule has 2 heterocycles. The van der Waals surface area contributed by atoms with Gasteiger partial charge in [-0.1, -0.05) is 35.3 Å². The number of esters is 1. The number of benzene rings is 2. The maximum absolute atomic E-state index is 13.8. The van der Waals surface area contributed by atoms with Crippen molar-refractivity contribution in [1.29, 1.82) is 0 Å². The molecule has 0 N–H and O–H groups in total. The summed E-state index contributed by atoms with van der Waals surface area (Å²) < 4.78 is 71.5. The van der Waals surface area contributed by atoms with Gasteiger partial charge in [0, 0.05) is 45.0 Å². The molecule has 1 amide bonds. The van der Waals surface area contributed by atoms with Gasteiger partial charge in [0.1, 0.15) is 12.1 Å². The highest BCUT2D eigenvalue weighted by Gasteiger charge is 2.41. The second-order valence-electron chi connectivity index (χ2n) is 11.6. The van der Waals surface area contributed by atoms with Crippen LogP contribution in [-0.2, 0) is 26.0 Å². The summed E-state index contributed by atoms with van der Waals surface area (Å²) in [6.45, 7) is -2.74. The minimum Gasteiger partial charge on any atom is -0.489 e. The van der Waals surface area contributed by atoms with Gasteiger partial charge in [-0.3, -0.25) is 14.6 Å². The summed E-state index contributed by atoms with van der Waals surface area (Å²) in [5, 5.41) is 0.414. The molecule has 15 heteroatoms. The number of ether oxygens (including phenoxy) is 3. The molecular formula is C32H33Cl2F2N3O7S. The van der Waals surface area contributed by atoms with Crippen LogP contribution in [0.3, 0.4) is 0 Å². The van der Waals surface area contributed by atoms with E-state index in [-0.39, 0.29) is 57.3 Å². The first-order valence-electron chi connectivity index (χ1n) is 14.9. The Bertz CT molecular complexity index is 1720. The predicted octanol–water partition coefficient (Wildman–Crippen LogP) is 6.16. The number of sulfonamides is 1. The van der Waals surface area contributed by atoms with Crippen molar-refractivity contribution in [3.05, 3.63) is 81.6 Å². The lowest BCUT2D eigenvalue weighted by Gasteiger charge is -2.26. The van der Waals surface area contributed by atoms with Crippen LogP contribution in [-0.4, -0.2) is 74.4 Å². The first-order valence-corrected chi connectivity index (χ1v) is 17.1. The summed E-state index contributed by atoms with van der Waals surface area (Å²) >= 11 is 12.8. The molecule has 47 heavy (non-hydrogen) atoms. The third kappa shape index (κ3) is 8.32. The second-order valence-corrected chi connectivity index (χ2v) is 14.3. The van der Waals surface area contributed by atoms with Crippen molar-refractivity contribution in [2.24, 2.45) is 5.92 Å². The molecule has 1 aliphatic heterocycles. The number of pyridine rings is 1. The van der Waals surface area contributed by atoms with Crippen molar-refractivity contribution in [2.75, 3.05) is 27.2 Å². The average molecular weight is 713 g/mol. The third-order valence-electron chi connectivity index (χ3n) is 7.90. The number of carbonyl (C=O) groups excluding carboxylic acids is 2. The fourth-order valence-electron chi connectivity index (χ4n) is 5.23. The molecule has 252 valence electrons. The average Bonchev–Trinajstić information content (AvgIpc) is 3.72. The largest absolute Gasteiger partial charge is 0.489 e. The van der Waals surface area contributed by atoms with Crippen LogP contribution in [0.15, 0.2) is 59.8 Å². The Morgan fingerprint density at radius 1 is 1.04 bits per heavy atom. The summed E-state index contributed by atoms with van der Waals surface area (Å²) in [6.07, 6.45) is 4.13. The molecule has 1 aliphatic carbocycles. The number of alkyl halides is 2. The van der Waals surface area contributed by atoms with Crippen molar-refractivity contribution in [3.63, 3.8) is 0 Å². The lowest BCUT2D eigenvalue weighted by Crippen LogP contribution is -2.42. The highest BCUT2D eigenvalue weighted by Crippen LogP contribution is 2.38. The molecule has 2 aromatic carbocycles. The van der Waals surface area contributed by atoms with E-state index in [0.29, 0.717) is 30.1 Å². The van der Waals surface area contributed by atoms with Gasteiger partial charge < -0.3 is 19.1 Å². The fourth-order valence-corrected chi connectivity index (χ4v) is 7.45. The Kier molecular flexibility index (Phi) is 10.9. The topological polar surface area (TPSA) is 115 Å². The number of rotatable bonds is 13. The Labute approximate surface area is 281 Å². The highest BCUT2D eigenvalue weighted by atomic mass is 35.5. The monoisotopic (exact) mass is 711 g/mol. The van der Waals surface area contributed by atoms with Crippen LogP contribution >= 0.6 is 23.2 Å². The second kappa shape index (κ2) is 14.7. The Balaban J connectivity index is 1.46. The van der Waals surface area contributed by atoms with E-state index in [2.05, 4.69) is 9.72 Å². The smallest absolute Gasteiger partial charge is 0.387 e. The SMILES string of the molecule is CN(C)C(=O)c1cccc(S(=O)(=O)N2CCC[C@@H]2C(=O)O[C@H](Cc2c(Cl)cncc2Cl)c2ccc(OC(F)F)c(OCC3CC3)c2)c1. The minimum absolute atomic E-state index is 0.0416. The first kappa shape index (κ1) is 34.8. The summed E-state index contributed by atoms with van der Waals surface area (Å²) in [7, 11) is -1.11. The number of carbonyl (C=O) groups is 2. The molecule has 1 saturated carbocycles. The van der Waals surface area contributed by atoms with Gasteiger partial charge in [-0.2, -0.15) is 13.1 Å². The van der Waals surface area contributed by atoms with Crippen molar-refractivity contribution < 1.29 is 41.0 Å². The van der Waals surface area contributed by atoms with Gasteiger partial charge in [-0.15, -0.1) is 0 Å². The molecule has 1 aromatic heterocycles. The van der Waals surface area contributed by atoms with Gasteiger partial charge >= 0.3 is 12.6 Å². The van der Waals surface area contributed by atoms with Crippen LogP contribution in [0.2, 0.25) is 10.0 Å². The zero-order valence-electron chi connectivity index (χ0n) is 25.6. The van der Waals surface area contributed by atoms with E-state index in [9.17, 15) is 26.8 Å². The number of aromatic nitrogens is 1. The maximum atomic E-state index is 13.8. The summed E-state index contributed by atoms with van der Waals surface area (Å²) in [4.78, 5) is 31.5. The predicted molar refractivity (Wildman–Crippen MR) is 169 cm³/mol. The number of hydrogen-bond donors (Lipinski definition) is 0. The van der Waals surface area contributed by atoms with Gasteiger partial charge in [-0.05, 0) is 73.1 Å². The molecule has 10 nitrogen and oxygen atoms in total. The van der Waals surface area contributed by atoms with E-state index in [1.165, 1.54) is 59.8 Å². The Morgan fingerprint density at radius 3 is 2.43 bits per heavy atom. The van der Waals surface area contributed by atoms with E-state index in [0.717, 1.165) is 17.1 Å². The number of amides is 1. The van der Waals surface area contributed by atoms with Crippen molar-refractivity contribution >= 4 is 45.1 Å². The molecule has 0 spiro atoms. The Morgan fingerprint density at radius 2 is 1.77 bits per heavy atom. The normalized spacial score (nSPS) is 17.4. The van der Waals surface area contributed by atoms with Gasteiger partial charge in [0.2, 0.25) is 10.0 Å². The van der Waals surface area contributed by atoms with Gasteiger partial charge in [0.25, 0.3) is 5.91 Å². The summed E-state index contributed by atoms with van der Waals surface area (Å²) in [6, 6.07) is 8.66. The molecule has 3 aromatic rings. The quantitative estimate of drug-likeness (QED) is 0.194. The van der Waals surface area contributed by atoms with Crippen molar-refractivity contribution in [2.45, 2.75) is 55.8 Å². The van der Waals surface area contributed by atoms with Crippen LogP contribution in [0.1, 0.15) is 53.3 Å². The lowest BCUT2D eigenvalue weighted by molar-refractivity contribution is -0.153. The highest BCUT2D eigenvalue weighted by molar-refractivity contribution is 7.89. The van der Waals surface area contributed by atoms with E-state index in [1.807, 2.05) is 0 Å². The van der Waals surface area contributed by atoms with Gasteiger partial charge in [0.15, 0.2) is 11.5 Å². The lowest BCUT2D eigenvalue weighted by atomic mass is 10.0. The number of hydrogen-bond acceptors (Lipinski definition) is 8.